The third kappa shape index (κ3) is 5.94. The fourth-order valence-electron chi connectivity index (χ4n) is 11.9. The molecule has 6 rings (SSSR count). The van der Waals surface area contributed by atoms with Crippen LogP contribution in [-0.2, 0) is 9.59 Å². The number of allylic oxidation sites excluding steroid dienone is 6. The Hall–Kier alpha value is -1.71. The Labute approximate surface area is 269 Å². The lowest BCUT2D eigenvalue weighted by molar-refractivity contribution is -0.158. The van der Waals surface area contributed by atoms with E-state index in [0.717, 1.165) is 30.1 Å². The van der Waals surface area contributed by atoms with Crippen molar-refractivity contribution >= 4 is 12.3 Å². The van der Waals surface area contributed by atoms with Gasteiger partial charge in [0, 0.05) is 6.42 Å². The van der Waals surface area contributed by atoms with E-state index in [-0.39, 0.29) is 17.3 Å². The van der Waals surface area contributed by atoms with Gasteiger partial charge in [-0.05, 0) is 138 Å². The summed E-state index contributed by atoms with van der Waals surface area (Å²) in [6.45, 7) is 23.8. The smallest absolute Gasteiger partial charge is 0.290 e. The summed E-state index contributed by atoms with van der Waals surface area (Å²) in [6.07, 6.45) is 19.3. The Morgan fingerprint density at radius 1 is 0.909 bits per heavy atom. The molecule has 250 valence electrons. The first-order chi connectivity index (χ1) is 20.7. The molecule has 0 aromatic carbocycles. The summed E-state index contributed by atoms with van der Waals surface area (Å²) < 4.78 is 9.50. The molecule has 8 atom stereocenters. The second-order valence-electron chi connectivity index (χ2n) is 16.4. The molecule has 0 aromatic heterocycles. The molecule has 0 amide bonds. The molecular formula is C40H65FO3. The monoisotopic (exact) mass is 612 g/mol. The van der Waals surface area contributed by atoms with Crippen LogP contribution in [0.15, 0.2) is 34.4 Å². The number of hydrogen-bond donors (Lipinski definition) is 1. The van der Waals surface area contributed by atoms with E-state index in [1.165, 1.54) is 69.8 Å². The second kappa shape index (κ2) is 14.0. The van der Waals surface area contributed by atoms with Crippen molar-refractivity contribution in [1.82, 2.24) is 0 Å². The van der Waals surface area contributed by atoms with Crippen molar-refractivity contribution in [3.63, 3.8) is 0 Å². The van der Waals surface area contributed by atoms with Gasteiger partial charge >= 0.3 is 0 Å². The molecule has 0 spiro atoms. The van der Waals surface area contributed by atoms with Gasteiger partial charge in [-0.15, -0.1) is 0 Å². The number of ketones is 1. The summed E-state index contributed by atoms with van der Waals surface area (Å²) in [6, 6.07) is 0. The Kier molecular flexibility index (Phi) is 11.7. The number of carboxylic acid groups (broad SMARTS) is 1. The maximum Gasteiger partial charge on any atom is 0.290 e. The summed E-state index contributed by atoms with van der Waals surface area (Å²) in [4.78, 5) is 21.6. The van der Waals surface area contributed by atoms with Gasteiger partial charge in [0.2, 0.25) is 0 Å². The third-order valence-electron chi connectivity index (χ3n) is 13.5. The first kappa shape index (κ1) is 36.8. The standard InChI is InChI=1S/C36H54O.C2H6.CH3F.CH2O2/c1-22(2)31-28(37)21-34(6)18-15-27-25(32(31)34)13-14-30-35(27,7)20-17-29-33(4,5)26(16-19-36(29,30)8)24-11-9-23(3)10-12-24;2*1-2;2-1-3/h11,16,22-23,25,27,29-30H,9-10,12-15,17-21H2,1-8H3;1-2H3;1H3;1H,(H,2,3). The van der Waals surface area contributed by atoms with Gasteiger partial charge < -0.3 is 5.11 Å². The van der Waals surface area contributed by atoms with Gasteiger partial charge in [-0.2, -0.15) is 0 Å². The number of carbonyl (C=O) groups excluding carboxylic acids is 1. The molecule has 8 unspecified atom stereocenters. The van der Waals surface area contributed by atoms with Crippen LogP contribution >= 0.6 is 0 Å². The molecule has 0 radical (unpaired) electrons. The molecule has 6 aliphatic rings. The molecule has 3 nitrogen and oxygen atoms in total. The zero-order valence-electron chi connectivity index (χ0n) is 30.1. The minimum absolute atomic E-state index is 0.151. The molecule has 0 saturated heterocycles. The summed E-state index contributed by atoms with van der Waals surface area (Å²) in [5.41, 5.74) is 7.52. The molecule has 0 bridgehead atoms. The van der Waals surface area contributed by atoms with E-state index in [1.54, 1.807) is 16.7 Å². The van der Waals surface area contributed by atoms with E-state index >= 15 is 0 Å². The summed E-state index contributed by atoms with van der Waals surface area (Å²) in [5.74, 6) is 4.72. The van der Waals surface area contributed by atoms with Crippen molar-refractivity contribution in [3.05, 3.63) is 34.4 Å². The van der Waals surface area contributed by atoms with Crippen LogP contribution in [0.3, 0.4) is 0 Å². The van der Waals surface area contributed by atoms with E-state index in [2.05, 4.69) is 67.5 Å². The van der Waals surface area contributed by atoms with E-state index in [0.29, 0.717) is 35.6 Å². The lowest BCUT2D eigenvalue weighted by Gasteiger charge is -2.68. The van der Waals surface area contributed by atoms with Gasteiger partial charge in [0.15, 0.2) is 5.78 Å². The van der Waals surface area contributed by atoms with Crippen LogP contribution in [0.2, 0.25) is 0 Å². The number of fused-ring (bicyclic) bond motifs is 7. The number of carbonyl (C=O) groups is 2. The van der Waals surface area contributed by atoms with Crippen LogP contribution in [0.1, 0.15) is 140 Å². The highest BCUT2D eigenvalue weighted by molar-refractivity contribution is 6.00. The van der Waals surface area contributed by atoms with Crippen LogP contribution in [0.4, 0.5) is 4.39 Å². The Bertz CT molecular complexity index is 1140. The molecule has 4 heteroatoms. The maximum absolute atomic E-state index is 13.2. The second-order valence-corrected chi connectivity index (χ2v) is 16.4. The first-order valence-corrected chi connectivity index (χ1v) is 17.9. The van der Waals surface area contributed by atoms with Crippen molar-refractivity contribution < 1.29 is 19.1 Å². The number of alkyl halides is 1. The lowest BCUT2D eigenvalue weighted by atomic mass is 9.37. The van der Waals surface area contributed by atoms with Gasteiger partial charge in [-0.25, -0.2) is 0 Å². The van der Waals surface area contributed by atoms with Crippen LogP contribution in [0.5, 0.6) is 0 Å². The molecular weight excluding hydrogens is 547 g/mol. The van der Waals surface area contributed by atoms with Crippen molar-refractivity contribution in [3.8, 4) is 0 Å². The average molecular weight is 613 g/mol. The highest BCUT2D eigenvalue weighted by Gasteiger charge is 2.65. The van der Waals surface area contributed by atoms with Gasteiger partial charge in [0.25, 0.3) is 6.47 Å². The largest absolute Gasteiger partial charge is 0.483 e. The highest BCUT2D eigenvalue weighted by atomic mass is 19.1. The van der Waals surface area contributed by atoms with Crippen molar-refractivity contribution in [2.75, 3.05) is 7.18 Å². The third-order valence-corrected chi connectivity index (χ3v) is 13.5. The molecule has 44 heavy (non-hydrogen) atoms. The number of rotatable bonds is 2. The van der Waals surface area contributed by atoms with E-state index in [9.17, 15) is 9.18 Å². The normalized spacial score (nSPS) is 40.1. The topological polar surface area (TPSA) is 54.4 Å². The zero-order chi connectivity index (χ0) is 33.3. The Morgan fingerprint density at radius 3 is 2.11 bits per heavy atom. The van der Waals surface area contributed by atoms with Crippen molar-refractivity contribution in [1.29, 1.82) is 0 Å². The fraction of sp³-hybridized carbons (Fsp3) is 0.800. The van der Waals surface area contributed by atoms with Crippen molar-refractivity contribution in [2.24, 2.45) is 57.2 Å². The first-order valence-electron chi connectivity index (χ1n) is 17.9. The highest BCUT2D eigenvalue weighted by Crippen LogP contribution is 2.73. The quantitative estimate of drug-likeness (QED) is 0.316. The van der Waals surface area contributed by atoms with E-state index in [1.807, 2.05) is 13.8 Å². The van der Waals surface area contributed by atoms with E-state index < -0.39 is 0 Å². The molecule has 0 aliphatic heterocycles. The summed E-state index contributed by atoms with van der Waals surface area (Å²) in [5, 5.41) is 6.89. The maximum atomic E-state index is 13.2. The number of halogens is 1. The fourth-order valence-corrected chi connectivity index (χ4v) is 11.9. The minimum Gasteiger partial charge on any atom is -0.483 e. The van der Waals surface area contributed by atoms with Crippen LogP contribution < -0.4 is 0 Å². The SMILES string of the molecule is CC.CC1CC=C(C2=CCC3(C)C(CCC4(C)C5CCC6(C)CC(=O)C(C(C)C)=C6C5CCC43)C2(C)C)CC1.CF.O=CO. The van der Waals surface area contributed by atoms with Crippen LogP contribution in [-0.4, -0.2) is 24.5 Å². The molecule has 6 aliphatic carbocycles. The van der Waals surface area contributed by atoms with Gasteiger partial charge in [-0.1, -0.05) is 87.0 Å². The predicted octanol–water partition coefficient (Wildman–Crippen LogP) is 11.2. The molecule has 1 N–H and O–H groups in total. The van der Waals surface area contributed by atoms with Gasteiger partial charge in [-0.3, -0.25) is 14.0 Å². The molecule has 3 fully saturated rings. The zero-order valence-corrected chi connectivity index (χ0v) is 30.1. The summed E-state index contributed by atoms with van der Waals surface area (Å²) in [7, 11) is 0.500. The van der Waals surface area contributed by atoms with Crippen molar-refractivity contribution in [2.45, 2.75) is 140 Å². The van der Waals surface area contributed by atoms with Crippen LogP contribution in [0.25, 0.3) is 0 Å². The van der Waals surface area contributed by atoms with Gasteiger partial charge in [0.05, 0.1) is 7.18 Å². The number of hydrogen-bond acceptors (Lipinski definition) is 2. The Balaban J connectivity index is 0.000000701. The van der Waals surface area contributed by atoms with Gasteiger partial charge in [0.1, 0.15) is 0 Å². The molecule has 3 saturated carbocycles. The summed E-state index contributed by atoms with van der Waals surface area (Å²) >= 11 is 0. The minimum atomic E-state index is -0.250. The molecule has 0 heterocycles. The average Bonchev–Trinajstić information content (AvgIpc) is 3.26. The van der Waals surface area contributed by atoms with Crippen LogP contribution in [0, 0.1) is 57.2 Å². The lowest BCUT2D eigenvalue weighted by Crippen LogP contribution is -2.60. The van der Waals surface area contributed by atoms with E-state index in [4.69, 9.17) is 9.90 Å². The molecule has 0 aromatic rings. The number of Topliss-reactive ketones (excluding diaryl/α,β-unsaturated/α-hetero) is 1. The Morgan fingerprint density at radius 2 is 1.55 bits per heavy atom. The predicted molar refractivity (Wildman–Crippen MR) is 182 cm³/mol.